The van der Waals surface area contributed by atoms with Gasteiger partial charge in [0, 0.05) is 11.5 Å². The van der Waals surface area contributed by atoms with Crippen LogP contribution < -0.4 is 11.1 Å². The van der Waals surface area contributed by atoms with E-state index >= 15 is 0 Å². The van der Waals surface area contributed by atoms with Gasteiger partial charge in [0.25, 0.3) is 0 Å². The summed E-state index contributed by atoms with van der Waals surface area (Å²) in [4.78, 5) is 12.4. The number of nitrogens with one attached hydrogen (secondary N) is 1. The topological polar surface area (TPSA) is 72.9 Å². The lowest BCUT2D eigenvalue weighted by Crippen LogP contribution is -2.45. The van der Waals surface area contributed by atoms with E-state index in [1.807, 2.05) is 37.3 Å². The van der Waals surface area contributed by atoms with Gasteiger partial charge in [0.15, 0.2) is 0 Å². The Bertz CT molecular complexity index is 934. The van der Waals surface area contributed by atoms with E-state index in [0.29, 0.717) is 5.82 Å². The number of nitrogens with zero attached hydrogens (tertiary/aromatic N) is 2. The number of anilines is 1. The van der Waals surface area contributed by atoms with Crippen molar-refractivity contribution in [3.63, 3.8) is 0 Å². The largest absolute Gasteiger partial charge is 0.319 e. The summed E-state index contributed by atoms with van der Waals surface area (Å²) < 4.78 is 15.0. The van der Waals surface area contributed by atoms with Crippen LogP contribution in [0.1, 0.15) is 22.7 Å². The van der Waals surface area contributed by atoms with Crippen LogP contribution >= 0.6 is 0 Å². The normalized spacial score (nSPS) is 19.4. The minimum atomic E-state index is -0.759. The second-order valence-electron chi connectivity index (χ2n) is 6.14. The van der Waals surface area contributed by atoms with Crippen molar-refractivity contribution < 1.29 is 9.18 Å². The second kappa shape index (κ2) is 5.82. The number of benzene rings is 2. The van der Waals surface area contributed by atoms with Gasteiger partial charge in [-0.3, -0.25) is 4.79 Å². The standard InChI is InChI=1S/C19H17FN4O/c1-11-15-16(12-7-9-13(20)10-8-12)17(21)19(25)22-18(15)24(23-11)14-5-3-2-4-6-14/h2-10,16-17H,21H2,1H3,(H,22,25)/t16-,17-/m0/s1. The maximum Gasteiger partial charge on any atom is 0.243 e. The number of aryl methyl sites for hydroxylation is 1. The molecule has 0 saturated heterocycles. The van der Waals surface area contributed by atoms with Crippen molar-refractivity contribution in [3.05, 3.63) is 77.2 Å². The van der Waals surface area contributed by atoms with Crippen LogP contribution in [0, 0.1) is 12.7 Å². The zero-order valence-corrected chi connectivity index (χ0v) is 13.6. The van der Waals surface area contributed by atoms with Gasteiger partial charge in [0.05, 0.1) is 17.4 Å². The molecule has 1 aliphatic heterocycles. The first-order valence-corrected chi connectivity index (χ1v) is 8.03. The fraction of sp³-hybridized carbons (Fsp3) is 0.158. The zero-order valence-electron chi connectivity index (χ0n) is 13.6. The third-order valence-electron chi connectivity index (χ3n) is 4.55. The van der Waals surface area contributed by atoms with Gasteiger partial charge in [-0.25, -0.2) is 9.07 Å². The number of para-hydroxylation sites is 1. The number of amides is 1. The summed E-state index contributed by atoms with van der Waals surface area (Å²) in [5.74, 6) is -0.361. The molecule has 126 valence electrons. The van der Waals surface area contributed by atoms with Crippen molar-refractivity contribution in [2.45, 2.75) is 18.9 Å². The Hall–Kier alpha value is -2.99. The van der Waals surface area contributed by atoms with Crippen molar-refractivity contribution >= 4 is 11.7 Å². The first kappa shape index (κ1) is 15.5. The van der Waals surface area contributed by atoms with E-state index < -0.39 is 6.04 Å². The molecule has 0 radical (unpaired) electrons. The van der Waals surface area contributed by atoms with Crippen LogP contribution in [0.4, 0.5) is 10.2 Å². The maximum absolute atomic E-state index is 13.3. The van der Waals surface area contributed by atoms with Gasteiger partial charge in [-0.15, -0.1) is 0 Å². The van der Waals surface area contributed by atoms with E-state index in [-0.39, 0.29) is 17.6 Å². The van der Waals surface area contributed by atoms with Crippen LogP contribution in [-0.2, 0) is 4.79 Å². The lowest BCUT2D eigenvalue weighted by molar-refractivity contribution is -0.118. The molecule has 4 rings (SSSR count). The summed E-state index contributed by atoms with van der Waals surface area (Å²) in [6.45, 7) is 1.89. The number of rotatable bonds is 2. The highest BCUT2D eigenvalue weighted by Crippen LogP contribution is 2.39. The SMILES string of the molecule is Cc1nn(-c2ccccc2)c2c1[C@H](c1ccc(F)cc1)[C@H](N)C(=O)N2. The number of carbonyl (C=O) groups excluding carboxylic acids is 1. The molecule has 0 fully saturated rings. The lowest BCUT2D eigenvalue weighted by atomic mass is 9.82. The summed E-state index contributed by atoms with van der Waals surface area (Å²) in [6.07, 6.45) is 0. The van der Waals surface area contributed by atoms with Crippen molar-refractivity contribution in [2.75, 3.05) is 5.32 Å². The molecule has 0 spiro atoms. The van der Waals surface area contributed by atoms with Gasteiger partial charge >= 0.3 is 0 Å². The molecule has 5 nitrogen and oxygen atoms in total. The predicted octanol–water partition coefficient (Wildman–Crippen LogP) is 2.73. The van der Waals surface area contributed by atoms with Crippen LogP contribution in [0.15, 0.2) is 54.6 Å². The predicted molar refractivity (Wildman–Crippen MR) is 93.1 cm³/mol. The second-order valence-corrected chi connectivity index (χ2v) is 6.14. The molecule has 1 amide bonds. The maximum atomic E-state index is 13.3. The molecule has 6 heteroatoms. The summed E-state index contributed by atoms with van der Waals surface area (Å²) in [5, 5.41) is 7.47. The Morgan fingerprint density at radius 2 is 1.80 bits per heavy atom. The highest BCUT2D eigenvalue weighted by atomic mass is 19.1. The quantitative estimate of drug-likeness (QED) is 0.756. The molecular weight excluding hydrogens is 319 g/mol. The molecule has 0 bridgehead atoms. The number of carbonyl (C=O) groups is 1. The fourth-order valence-corrected chi connectivity index (χ4v) is 3.36. The Kier molecular flexibility index (Phi) is 3.62. The molecule has 0 saturated carbocycles. The van der Waals surface area contributed by atoms with Crippen LogP contribution in [0.5, 0.6) is 0 Å². The average molecular weight is 336 g/mol. The van der Waals surface area contributed by atoms with Gasteiger partial charge in [0.1, 0.15) is 11.6 Å². The van der Waals surface area contributed by atoms with Crippen LogP contribution in [0.25, 0.3) is 5.69 Å². The Morgan fingerprint density at radius 1 is 1.12 bits per heavy atom. The Balaban J connectivity index is 1.91. The minimum absolute atomic E-state index is 0.279. The van der Waals surface area contributed by atoms with Crippen LogP contribution in [0.2, 0.25) is 0 Å². The molecule has 1 aromatic heterocycles. The third kappa shape index (κ3) is 2.51. The number of fused-ring (bicyclic) bond motifs is 1. The third-order valence-corrected chi connectivity index (χ3v) is 4.55. The summed E-state index contributed by atoms with van der Waals surface area (Å²) in [5.41, 5.74) is 9.47. The first-order valence-electron chi connectivity index (χ1n) is 8.03. The minimum Gasteiger partial charge on any atom is -0.319 e. The van der Waals surface area contributed by atoms with Crippen molar-refractivity contribution in [1.29, 1.82) is 0 Å². The molecule has 1 aliphatic rings. The van der Waals surface area contributed by atoms with Gasteiger partial charge in [-0.05, 0) is 36.8 Å². The van der Waals surface area contributed by atoms with E-state index in [9.17, 15) is 9.18 Å². The first-order chi connectivity index (χ1) is 12.1. The van der Waals surface area contributed by atoms with E-state index in [2.05, 4.69) is 10.4 Å². The fourth-order valence-electron chi connectivity index (χ4n) is 3.36. The van der Waals surface area contributed by atoms with Crippen molar-refractivity contribution in [2.24, 2.45) is 5.73 Å². The molecule has 25 heavy (non-hydrogen) atoms. The van der Waals surface area contributed by atoms with Gasteiger partial charge in [-0.2, -0.15) is 5.10 Å². The van der Waals surface area contributed by atoms with Gasteiger partial charge < -0.3 is 11.1 Å². The molecule has 3 N–H and O–H groups in total. The lowest BCUT2D eigenvalue weighted by Gasteiger charge is -2.29. The summed E-state index contributed by atoms with van der Waals surface area (Å²) in [6, 6.07) is 14.9. The number of hydrogen-bond donors (Lipinski definition) is 2. The Morgan fingerprint density at radius 3 is 2.48 bits per heavy atom. The van der Waals surface area contributed by atoms with Crippen molar-refractivity contribution in [1.82, 2.24) is 9.78 Å². The highest BCUT2D eigenvalue weighted by Gasteiger charge is 2.38. The van der Waals surface area contributed by atoms with E-state index in [1.165, 1.54) is 12.1 Å². The molecule has 0 unspecified atom stereocenters. The van der Waals surface area contributed by atoms with E-state index in [4.69, 9.17) is 5.73 Å². The van der Waals surface area contributed by atoms with E-state index in [0.717, 1.165) is 22.5 Å². The summed E-state index contributed by atoms with van der Waals surface area (Å²) >= 11 is 0. The van der Waals surface area contributed by atoms with Gasteiger partial charge in [0.2, 0.25) is 5.91 Å². The monoisotopic (exact) mass is 336 g/mol. The highest BCUT2D eigenvalue weighted by molar-refractivity contribution is 5.99. The average Bonchev–Trinajstić information content (AvgIpc) is 2.94. The van der Waals surface area contributed by atoms with Crippen LogP contribution in [-0.4, -0.2) is 21.7 Å². The molecule has 2 aromatic carbocycles. The summed E-state index contributed by atoms with van der Waals surface area (Å²) in [7, 11) is 0. The molecule has 3 aromatic rings. The number of halogens is 1. The number of nitrogens with two attached hydrogens (primary N) is 1. The number of aromatic nitrogens is 2. The molecule has 0 aliphatic carbocycles. The molecular formula is C19H17FN4O. The van der Waals surface area contributed by atoms with E-state index in [1.54, 1.807) is 16.8 Å². The Labute approximate surface area is 144 Å². The van der Waals surface area contributed by atoms with Crippen molar-refractivity contribution in [3.8, 4) is 5.69 Å². The van der Waals surface area contributed by atoms with Crippen LogP contribution in [0.3, 0.4) is 0 Å². The number of hydrogen-bond acceptors (Lipinski definition) is 3. The zero-order chi connectivity index (χ0) is 17.6. The molecule has 2 atom stereocenters. The van der Waals surface area contributed by atoms with Gasteiger partial charge in [-0.1, -0.05) is 30.3 Å². The smallest absolute Gasteiger partial charge is 0.243 e. The molecule has 2 heterocycles.